The molecule has 0 amide bonds. The Bertz CT molecular complexity index is 743. The number of H-pyrrole nitrogens is 1. The first-order valence-corrected chi connectivity index (χ1v) is 7.89. The molecule has 0 aliphatic carbocycles. The van der Waals surface area contributed by atoms with Gasteiger partial charge in [0.1, 0.15) is 10.7 Å². The van der Waals surface area contributed by atoms with Gasteiger partial charge in [0.25, 0.3) is 10.0 Å². The molecule has 4 N–H and O–H groups in total. The maximum Gasteiger partial charge on any atom is 0.264 e. The maximum absolute atomic E-state index is 12.3. The predicted octanol–water partition coefficient (Wildman–Crippen LogP) is 2.66. The Kier molecular flexibility index (Phi) is 4.12. The molecule has 0 spiro atoms. The molecule has 1 heterocycles. The molecule has 1 aromatic carbocycles. The first-order valence-electron chi connectivity index (χ1n) is 5.65. The molecule has 9 heteroatoms. The SMILES string of the molecule is CCc1cn[nH]c1NS(=O)(=O)c1ccc(Cl)c(N)c1Cl. The zero-order chi connectivity index (χ0) is 14.9. The van der Waals surface area contributed by atoms with Crippen molar-refractivity contribution in [2.24, 2.45) is 0 Å². The van der Waals surface area contributed by atoms with Crippen molar-refractivity contribution in [3.05, 3.63) is 33.9 Å². The number of anilines is 2. The topological polar surface area (TPSA) is 101 Å². The number of nitrogens with zero attached hydrogens (tertiary/aromatic N) is 1. The molecule has 0 aliphatic heterocycles. The Morgan fingerprint density at radius 1 is 1.40 bits per heavy atom. The number of nitrogen functional groups attached to an aromatic ring is 1. The van der Waals surface area contributed by atoms with Crippen LogP contribution in [0.15, 0.2) is 23.2 Å². The Labute approximate surface area is 126 Å². The van der Waals surface area contributed by atoms with Crippen molar-refractivity contribution < 1.29 is 8.42 Å². The summed E-state index contributed by atoms with van der Waals surface area (Å²) in [6, 6.07) is 2.68. The summed E-state index contributed by atoms with van der Waals surface area (Å²) in [4.78, 5) is -0.141. The highest BCUT2D eigenvalue weighted by molar-refractivity contribution is 7.92. The molecule has 0 radical (unpaired) electrons. The quantitative estimate of drug-likeness (QED) is 0.748. The summed E-state index contributed by atoms with van der Waals surface area (Å²) in [5, 5.41) is 6.47. The van der Waals surface area contributed by atoms with Crippen molar-refractivity contribution in [1.29, 1.82) is 0 Å². The number of nitrogens with one attached hydrogen (secondary N) is 2. The second-order valence-corrected chi connectivity index (χ2v) is 6.44. The molecule has 6 nitrogen and oxygen atoms in total. The highest BCUT2D eigenvalue weighted by atomic mass is 35.5. The second-order valence-electron chi connectivity index (χ2n) is 4.00. The van der Waals surface area contributed by atoms with E-state index in [-0.39, 0.29) is 20.6 Å². The molecule has 0 fully saturated rings. The van der Waals surface area contributed by atoms with Gasteiger partial charge in [-0.15, -0.1) is 0 Å². The van der Waals surface area contributed by atoms with Crippen LogP contribution in [0.1, 0.15) is 12.5 Å². The van der Waals surface area contributed by atoms with Crippen molar-refractivity contribution >= 4 is 44.7 Å². The number of nitrogens with two attached hydrogens (primary N) is 1. The van der Waals surface area contributed by atoms with Crippen molar-refractivity contribution in [3.8, 4) is 0 Å². The summed E-state index contributed by atoms with van der Waals surface area (Å²) < 4.78 is 27.0. The Balaban J connectivity index is 2.44. The summed E-state index contributed by atoms with van der Waals surface area (Å²) >= 11 is 11.7. The maximum atomic E-state index is 12.3. The lowest BCUT2D eigenvalue weighted by Gasteiger charge is -2.11. The Morgan fingerprint density at radius 3 is 2.75 bits per heavy atom. The van der Waals surface area contributed by atoms with Crippen LogP contribution in [0.5, 0.6) is 0 Å². The summed E-state index contributed by atoms with van der Waals surface area (Å²) in [6.45, 7) is 1.88. The normalized spacial score (nSPS) is 11.6. The van der Waals surface area contributed by atoms with Crippen LogP contribution in [-0.2, 0) is 16.4 Å². The number of rotatable bonds is 4. The van der Waals surface area contributed by atoms with E-state index in [0.717, 1.165) is 5.56 Å². The molecule has 0 bridgehead atoms. The Hall–Kier alpha value is -1.44. The summed E-state index contributed by atoms with van der Waals surface area (Å²) in [6.07, 6.45) is 2.18. The fraction of sp³-hybridized carbons (Fsp3) is 0.182. The number of halogens is 2. The first kappa shape index (κ1) is 15.0. The van der Waals surface area contributed by atoms with Gasteiger partial charge in [0, 0.05) is 5.56 Å². The van der Waals surface area contributed by atoms with Crippen LogP contribution in [0.3, 0.4) is 0 Å². The number of benzene rings is 1. The minimum absolute atomic E-state index is 0.0246. The number of aromatic amines is 1. The van der Waals surface area contributed by atoms with E-state index in [9.17, 15) is 8.42 Å². The minimum Gasteiger partial charge on any atom is -0.396 e. The van der Waals surface area contributed by atoms with E-state index >= 15 is 0 Å². The van der Waals surface area contributed by atoms with Crippen molar-refractivity contribution in [2.75, 3.05) is 10.5 Å². The molecule has 1 aromatic heterocycles. The van der Waals surface area contributed by atoms with Crippen LogP contribution in [0.25, 0.3) is 0 Å². The van der Waals surface area contributed by atoms with Crippen LogP contribution in [0.4, 0.5) is 11.5 Å². The third-order valence-electron chi connectivity index (χ3n) is 2.72. The molecule has 0 atom stereocenters. The van der Waals surface area contributed by atoms with Crippen molar-refractivity contribution in [3.63, 3.8) is 0 Å². The molecule has 0 unspecified atom stereocenters. The third kappa shape index (κ3) is 2.70. The van der Waals surface area contributed by atoms with E-state index in [1.165, 1.54) is 12.1 Å². The summed E-state index contributed by atoms with van der Waals surface area (Å²) in [7, 11) is -3.88. The van der Waals surface area contributed by atoms with Crippen LogP contribution >= 0.6 is 23.2 Å². The van der Waals surface area contributed by atoms with E-state index < -0.39 is 10.0 Å². The Morgan fingerprint density at radius 2 is 2.10 bits per heavy atom. The molecule has 0 saturated carbocycles. The third-order valence-corrected chi connectivity index (χ3v) is 4.96. The van der Waals surface area contributed by atoms with E-state index in [4.69, 9.17) is 28.9 Å². The average Bonchev–Trinajstić information content (AvgIpc) is 2.82. The largest absolute Gasteiger partial charge is 0.396 e. The van der Waals surface area contributed by atoms with Crippen LogP contribution in [0, 0.1) is 0 Å². The molecule has 2 rings (SSSR count). The minimum atomic E-state index is -3.88. The van der Waals surface area contributed by atoms with Gasteiger partial charge in [-0.05, 0) is 18.6 Å². The second kappa shape index (κ2) is 5.51. The number of aromatic nitrogens is 2. The molecular formula is C11H12Cl2N4O2S. The van der Waals surface area contributed by atoms with Crippen molar-refractivity contribution in [1.82, 2.24) is 10.2 Å². The van der Waals surface area contributed by atoms with Gasteiger partial charge in [-0.1, -0.05) is 30.1 Å². The lowest BCUT2D eigenvalue weighted by atomic mass is 10.3. The van der Waals surface area contributed by atoms with E-state index in [2.05, 4.69) is 14.9 Å². The standard InChI is InChI=1S/C11H12Cl2N4O2S/c1-2-6-5-15-16-11(6)17-20(18,19)8-4-3-7(12)10(14)9(8)13/h3-5H,2,14H2,1H3,(H2,15,16,17). The van der Waals surface area contributed by atoms with Gasteiger partial charge in [-0.3, -0.25) is 9.82 Å². The van der Waals surface area contributed by atoms with E-state index in [1.807, 2.05) is 6.92 Å². The number of hydrogen-bond donors (Lipinski definition) is 3. The monoisotopic (exact) mass is 334 g/mol. The van der Waals surface area contributed by atoms with Gasteiger partial charge in [0.15, 0.2) is 0 Å². The zero-order valence-corrected chi connectivity index (χ0v) is 12.8. The highest BCUT2D eigenvalue weighted by Crippen LogP contribution is 2.33. The summed E-state index contributed by atoms with van der Waals surface area (Å²) in [5.74, 6) is 0.303. The fourth-order valence-corrected chi connectivity index (χ4v) is 3.44. The lowest BCUT2D eigenvalue weighted by Crippen LogP contribution is -2.15. The van der Waals surface area contributed by atoms with Gasteiger partial charge >= 0.3 is 0 Å². The first-order chi connectivity index (χ1) is 9.36. The van der Waals surface area contributed by atoms with Gasteiger partial charge in [0.2, 0.25) is 0 Å². The van der Waals surface area contributed by atoms with Gasteiger partial charge in [0.05, 0.1) is 21.9 Å². The number of sulfonamides is 1. The van der Waals surface area contributed by atoms with Gasteiger partial charge in [-0.2, -0.15) is 5.10 Å². The lowest BCUT2D eigenvalue weighted by molar-refractivity contribution is 0.601. The fourth-order valence-electron chi connectivity index (χ4n) is 1.61. The predicted molar refractivity (Wildman–Crippen MR) is 79.6 cm³/mol. The molecule has 2 aromatic rings. The van der Waals surface area contributed by atoms with Crippen LogP contribution in [0.2, 0.25) is 10.0 Å². The molecular weight excluding hydrogens is 323 g/mol. The van der Waals surface area contributed by atoms with Gasteiger partial charge in [-0.25, -0.2) is 8.42 Å². The van der Waals surface area contributed by atoms with E-state index in [0.29, 0.717) is 12.2 Å². The van der Waals surface area contributed by atoms with Crippen molar-refractivity contribution in [2.45, 2.75) is 18.2 Å². The van der Waals surface area contributed by atoms with Crippen LogP contribution in [-0.4, -0.2) is 18.6 Å². The summed E-state index contributed by atoms with van der Waals surface area (Å²) in [5.41, 5.74) is 6.40. The number of hydrogen-bond acceptors (Lipinski definition) is 4. The average molecular weight is 335 g/mol. The molecule has 108 valence electrons. The smallest absolute Gasteiger partial charge is 0.264 e. The molecule has 0 aliphatic rings. The molecule has 0 saturated heterocycles. The van der Waals surface area contributed by atoms with E-state index in [1.54, 1.807) is 6.20 Å². The highest BCUT2D eigenvalue weighted by Gasteiger charge is 2.22. The van der Waals surface area contributed by atoms with Gasteiger partial charge < -0.3 is 5.73 Å². The van der Waals surface area contributed by atoms with Crippen LogP contribution < -0.4 is 10.5 Å². The zero-order valence-electron chi connectivity index (χ0n) is 10.4. The molecule has 20 heavy (non-hydrogen) atoms. The number of aryl methyl sites for hydroxylation is 1.